The summed E-state index contributed by atoms with van der Waals surface area (Å²) in [5.74, 6) is 0.472. The van der Waals surface area contributed by atoms with Crippen molar-refractivity contribution < 1.29 is 4.74 Å². The van der Waals surface area contributed by atoms with Crippen molar-refractivity contribution in [1.29, 1.82) is 10.7 Å². The van der Waals surface area contributed by atoms with Crippen molar-refractivity contribution in [3.63, 3.8) is 0 Å². The van der Waals surface area contributed by atoms with Crippen molar-refractivity contribution >= 4 is 17.2 Å². The molecule has 0 saturated carbocycles. The summed E-state index contributed by atoms with van der Waals surface area (Å²) in [6.45, 7) is 4.48. The quantitative estimate of drug-likeness (QED) is 0.431. The lowest BCUT2D eigenvalue weighted by molar-refractivity contribution is 0.304. The highest BCUT2D eigenvalue weighted by Gasteiger charge is 2.03. The first-order chi connectivity index (χ1) is 11.5. The Kier molecular flexibility index (Phi) is 5.53. The van der Waals surface area contributed by atoms with E-state index in [1.807, 2.05) is 44.2 Å². The van der Waals surface area contributed by atoms with Gasteiger partial charge in [-0.1, -0.05) is 29.8 Å². The van der Waals surface area contributed by atoms with Gasteiger partial charge in [-0.3, -0.25) is 10.8 Å². The Bertz CT molecular complexity index is 820. The number of aryl methyl sites for hydroxylation is 2. The smallest absolute Gasteiger partial charge is 0.201 e. The number of ether oxygens (including phenoxy) is 1. The number of amidine groups is 1. The molecule has 122 valence electrons. The number of hydrogen-bond donors (Lipinski definition) is 3. The molecule has 0 aliphatic rings. The molecule has 0 spiro atoms. The molecule has 0 aromatic heterocycles. The predicted octanol–water partition coefficient (Wildman–Crippen LogP) is 3.11. The summed E-state index contributed by atoms with van der Waals surface area (Å²) in [5, 5.41) is 19.9. The molecule has 4 N–H and O–H groups in total. The van der Waals surface area contributed by atoms with Crippen LogP contribution in [-0.2, 0) is 6.61 Å². The maximum absolute atomic E-state index is 8.82. The number of hydrogen-bond acceptors (Lipinski definition) is 5. The Morgan fingerprint density at radius 1 is 1.29 bits per heavy atom. The fourth-order valence-electron chi connectivity index (χ4n) is 2.12. The normalized spacial score (nSPS) is 10.8. The first-order valence-electron chi connectivity index (χ1n) is 7.37. The Labute approximate surface area is 141 Å². The molecule has 0 heterocycles. The van der Waals surface area contributed by atoms with E-state index in [9.17, 15) is 0 Å². The minimum atomic E-state index is -0.376. The van der Waals surface area contributed by atoms with E-state index < -0.39 is 0 Å². The molecule has 0 atom stereocenters. The minimum Gasteiger partial charge on any atom is -0.489 e. The molecular weight excluding hydrogens is 302 g/mol. The van der Waals surface area contributed by atoms with Gasteiger partial charge < -0.3 is 10.5 Å². The molecule has 0 saturated heterocycles. The van der Waals surface area contributed by atoms with Crippen molar-refractivity contribution in [2.75, 3.05) is 5.43 Å². The topological polar surface area (TPSA) is 107 Å². The largest absolute Gasteiger partial charge is 0.489 e. The van der Waals surface area contributed by atoms with E-state index in [0.29, 0.717) is 12.3 Å². The fourth-order valence-corrected chi connectivity index (χ4v) is 2.12. The van der Waals surface area contributed by atoms with Crippen LogP contribution in [0.1, 0.15) is 16.7 Å². The Morgan fingerprint density at radius 2 is 2.08 bits per heavy atom. The lowest BCUT2D eigenvalue weighted by atomic mass is 10.1. The summed E-state index contributed by atoms with van der Waals surface area (Å²) < 4.78 is 5.85. The van der Waals surface area contributed by atoms with Crippen molar-refractivity contribution in [3.8, 4) is 11.8 Å². The second kappa shape index (κ2) is 7.79. The zero-order chi connectivity index (χ0) is 17.5. The number of nitrogens with one attached hydrogen (secondary N) is 2. The van der Waals surface area contributed by atoms with E-state index in [-0.39, 0.29) is 11.5 Å². The second-order valence-corrected chi connectivity index (χ2v) is 5.36. The molecule has 6 nitrogen and oxygen atoms in total. The van der Waals surface area contributed by atoms with Gasteiger partial charge in [0.2, 0.25) is 5.71 Å². The van der Waals surface area contributed by atoms with Crippen LogP contribution >= 0.6 is 0 Å². The number of nitrogens with two attached hydrogens (primary N) is 1. The fraction of sp³-hybridized carbons (Fsp3) is 0.167. The highest BCUT2D eigenvalue weighted by molar-refractivity contribution is 6.45. The Hall–Kier alpha value is -3.33. The van der Waals surface area contributed by atoms with Crippen LogP contribution in [0.15, 0.2) is 47.6 Å². The predicted molar refractivity (Wildman–Crippen MR) is 95.3 cm³/mol. The molecule has 0 aliphatic carbocycles. The van der Waals surface area contributed by atoms with Crippen LogP contribution in [0, 0.1) is 30.6 Å². The van der Waals surface area contributed by atoms with Gasteiger partial charge in [0.05, 0.1) is 5.69 Å². The Balaban J connectivity index is 2.05. The number of nitriles is 1. The highest BCUT2D eigenvalue weighted by atomic mass is 16.5. The molecule has 2 aromatic carbocycles. The summed E-state index contributed by atoms with van der Waals surface area (Å²) in [4.78, 5) is 0. The summed E-state index contributed by atoms with van der Waals surface area (Å²) in [6.07, 6.45) is 0. The van der Waals surface area contributed by atoms with E-state index in [2.05, 4.69) is 16.6 Å². The zero-order valence-corrected chi connectivity index (χ0v) is 13.6. The number of rotatable bonds is 6. The van der Waals surface area contributed by atoms with Crippen LogP contribution in [0.25, 0.3) is 0 Å². The van der Waals surface area contributed by atoms with Gasteiger partial charge >= 0.3 is 0 Å². The van der Waals surface area contributed by atoms with Crippen LogP contribution < -0.4 is 15.9 Å². The monoisotopic (exact) mass is 321 g/mol. The van der Waals surface area contributed by atoms with E-state index in [1.54, 1.807) is 12.1 Å². The van der Waals surface area contributed by atoms with Crippen LogP contribution in [0.2, 0.25) is 0 Å². The summed E-state index contributed by atoms with van der Waals surface area (Å²) in [5.41, 5.74) is 11.7. The molecule has 24 heavy (non-hydrogen) atoms. The molecule has 2 aromatic rings. The van der Waals surface area contributed by atoms with Gasteiger partial charge in [0.1, 0.15) is 18.4 Å². The van der Waals surface area contributed by atoms with Gasteiger partial charge in [-0.05, 0) is 43.2 Å². The van der Waals surface area contributed by atoms with Crippen molar-refractivity contribution in [1.82, 2.24) is 0 Å². The first-order valence-corrected chi connectivity index (χ1v) is 7.37. The molecule has 0 radical (unpaired) electrons. The van der Waals surface area contributed by atoms with Crippen LogP contribution in [0.4, 0.5) is 5.69 Å². The van der Waals surface area contributed by atoms with Crippen molar-refractivity contribution in [2.45, 2.75) is 20.5 Å². The van der Waals surface area contributed by atoms with Crippen molar-refractivity contribution in [3.05, 3.63) is 59.2 Å². The van der Waals surface area contributed by atoms with Gasteiger partial charge in [-0.2, -0.15) is 10.4 Å². The van der Waals surface area contributed by atoms with Crippen LogP contribution in [0.3, 0.4) is 0 Å². The Morgan fingerprint density at radius 3 is 2.75 bits per heavy atom. The second-order valence-electron chi connectivity index (χ2n) is 5.36. The first kappa shape index (κ1) is 17.0. The number of hydrazone groups is 1. The standard InChI is InChI=1S/C18H19N5O/c1-12-6-7-17(13(2)8-12)24-11-14-4-3-5-15(9-14)22-23-16(10-19)18(20)21/h3-9,22H,11H2,1-2H3,(H3,20,21)/b23-16+. The molecule has 0 unspecified atom stereocenters. The highest BCUT2D eigenvalue weighted by Crippen LogP contribution is 2.20. The average molecular weight is 321 g/mol. The lowest BCUT2D eigenvalue weighted by Gasteiger charge is -2.10. The molecule has 0 bridgehead atoms. The number of anilines is 1. The molecule has 0 aliphatic heterocycles. The van der Waals surface area contributed by atoms with Crippen molar-refractivity contribution in [2.24, 2.45) is 10.8 Å². The maximum Gasteiger partial charge on any atom is 0.201 e. The number of nitrogens with zero attached hydrogens (tertiary/aromatic N) is 2. The summed E-state index contributed by atoms with van der Waals surface area (Å²) in [7, 11) is 0. The third kappa shape index (κ3) is 4.58. The SMILES string of the molecule is Cc1ccc(OCc2cccc(N/N=C(\C#N)C(=N)N)c2)c(C)c1. The van der Waals surface area contributed by atoms with Crippen LogP contribution in [0.5, 0.6) is 5.75 Å². The van der Waals surface area contributed by atoms with Gasteiger partial charge in [-0.25, -0.2) is 0 Å². The third-order valence-corrected chi connectivity index (χ3v) is 3.31. The maximum atomic E-state index is 8.82. The summed E-state index contributed by atoms with van der Waals surface area (Å²) in [6, 6.07) is 15.3. The van der Waals surface area contributed by atoms with Gasteiger partial charge in [0.15, 0.2) is 5.84 Å². The molecular formula is C18H19N5O. The summed E-state index contributed by atoms with van der Waals surface area (Å²) >= 11 is 0. The van der Waals surface area contributed by atoms with Gasteiger partial charge in [-0.15, -0.1) is 0 Å². The third-order valence-electron chi connectivity index (χ3n) is 3.31. The lowest BCUT2D eigenvalue weighted by Crippen LogP contribution is -2.21. The van der Waals surface area contributed by atoms with E-state index >= 15 is 0 Å². The molecule has 0 amide bonds. The molecule has 2 rings (SSSR count). The van der Waals surface area contributed by atoms with E-state index in [4.69, 9.17) is 21.1 Å². The minimum absolute atomic E-state index is 0.160. The van der Waals surface area contributed by atoms with Crippen LogP contribution in [-0.4, -0.2) is 11.5 Å². The van der Waals surface area contributed by atoms with Gasteiger partial charge in [0, 0.05) is 0 Å². The van der Waals surface area contributed by atoms with Gasteiger partial charge in [0.25, 0.3) is 0 Å². The van der Waals surface area contributed by atoms with E-state index in [0.717, 1.165) is 16.9 Å². The average Bonchev–Trinajstić information content (AvgIpc) is 2.55. The molecule has 0 fully saturated rings. The van der Waals surface area contributed by atoms with E-state index in [1.165, 1.54) is 5.56 Å². The molecule has 6 heteroatoms. The number of benzene rings is 2. The zero-order valence-electron chi connectivity index (χ0n) is 13.6.